The van der Waals surface area contributed by atoms with Crippen LogP contribution in [0.25, 0.3) is 0 Å². The van der Waals surface area contributed by atoms with E-state index in [0.717, 1.165) is 10.2 Å². The predicted molar refractivity (Wildman–Crippen MR) is 70.4 cm³/mol. The molecule has 0 radical (unpaired) electrons. The molecule has 2 aromatic rings. The number of halogens is 2. The largest absolute Gasteiger partial charge is 0.380 e. The number of nitriles is 1. The van der Waals surface area contributed by atoms with Crippen molar-refractivity contribution >= 4 is 21.6 Å². The molecule has 0 aliphatic heterocycles. The predicted octanol–water partition coefficient (Wildman–Crippen LogP) is 3.47. The van der Waals surface area contributed by atoms with Gasteiger partial charge in [-0.25, -0.2) is 4.39 Å². The summed E-state index contributed by atoms with van der Waals surface area (Å²) in [5.41, 5.74) is 1.67. The Balaban J connectivity index is 2.12. The monoisotopic (exact) mass is 305 g/mol. The molecule has 0 amide bonds. The van der Waals surface area contributed by atoms with Gasteiger partial charge in [0.15, 0.2) is 0 Å². The Morgan fingerprint density at radius 3 is 2.89 bits per heavy atom. The van der Waals surface area contributed by atoms with E-state index >= 15 is 0 Å². The van der Waals surface area contributed by atoms with E-state index in [1.54, 1.807) is 30.6 Å². The second-order valence-corrected chi connectivity index (χ2v) is 4.48. The average Bonchev–Trinajstić information content (AvgIpc) is 2.39. The second-order valence-electron chi connectivity index (χ2n) is 3.63. The summed E-state index contributed by atoms with van der Waals surface area (Å²) in [6.07, 6.45) is 3.32. The third kappa shape index (κ3) is 2.84. The van der Waals surface area contributed by atoms with E-state index in [2.05, 4.69) is 26.2 Å². The summed E-state index contributed by atoms with van der Waals surface area (Å²) in [6, 6.07) is 8.14. The minimum atomic E-state index is -0.383. The van der Waals surface area contributed by atoms with E-state index in [-0.39, 0.29) is 5.82 Å². The van der Waals surface area contributed by atoms with Gasteiger partial charge in [0.2, 0.25) is 0 Å². The normalized spacial score (nSPS) is 9.83. The molecule has 0 atom stereocenters. The number of hydrogen-bond donors (Lipinski definition) is 1. The van der Waals surface area contributed by atoms with E-state index in [4.69, 9.17) is 5.26 Å². The summed E-state index contributed by atoms with van der Waals surface area (Å²) in [7, 11) is 0. The van der Waals surface area contributed by atoms with E-state index in [1.165, 1.54) is 6.07 Å². The van der Waals surface area contributed by atoms with Crippen molar-refractivity contribution in [1.29, 1.82) is 5.26 Å². The molecule has 0 saturated carbocycles. The number of nitrogens with one attached hydrogen (secondary N) is 1. The number of benzene rings is 1. The number of anilines is 1. The van der Waals surface area contributed by atoms with Crippen molar-refractivity contribution in [3.63, 3.8) is 0 Å². The molecule has 1 N–H and O–H groups in total. The first-order valence-corrected chi connectivity index (χ1v) is 6.02. The number of pyridine rings is 1. The Morgan fingerprint density at radius 1 is 1.39 bits per heavy atom. The van der Waals surface area contributed by atoms with Crippen LogP contribution >= 0.6 is 15.9 Å². The van der Waals surface area contributed by atoms with Crippen LogP contribution < -0.4 is 5.32 Å². The van der Waals surface area contributed by atoms with E-state index < -0.39 is 0 Å². The van der Waals surface area contributed by atoms with Gasteiger partial charge in [-0.05, 0) is 34.1 Å². The summed E-state index contributed by atoms with van der Waals surface area (Å²) in [5.74, 6) is -0.383. The van der Waals surface area contributed by atoms with E-state index in [1.807, 2.05) is 6.07 Å². The smallest absolute Gasteiger partial charge is 0.129 e. The Morgan fingerprint density at radius 2 is 2.22 bits per heavy atom. The van der Waals surface area contributed by atoms with Gasteiger partial charge in [-0.2, -0.15) is 5.26 Å². The maximum absolute atomic E-state index is 13.6. The van der Waals surface area contributed by atoms with Crippen molar-refractivity contribution in [1.82, 2.24) is 4.98 Å². The minimum absolute atomic E-state index is 0.321. The van der Waals surface area contributed by atoms with Gasteiger partial charge in [-0.15, -0.1) is 0 Å². The van der Waals surface area contributed by atoms with Crippen molar-refractivity contribution in [2.45, 2.75) is 6.54 Å². The fraction of sp³-hybridized carbons (Fsp3) is 0.0769. The topological polar surface area (TPSA) is 48.7 Å². The fourth-order valence-electron chi connectivity index (χ4n) is 1.47. The van der Waals surface area contributed by atoms with E-state index in [9.17, 15) is 4.39 Å². The Bertz CT molecular complexity index is 607. The Labute approximate surface area is 112 Å². The van der Waals surface area contributed by atoms with Gasteiger partial charge in [0, 0.05) is 24.5 Å². The fourth-order valence-corrected chi connectivity index (χ4v) is 1.86. The zero-order valence-electron chi connectivity index (χ0n) is 9.32. The van der Waals surface area contributed by atoms with Gasteiger partial charge in [-0.1, -0.05) is 6.07 Å². The second kappa shape index (κ2) is 5.61. The standard InChI is InChI=1S/C13H9BrFN3/c14-11-8-17-4-3-13(11)18-7-10-2-1-9(6-16)5-12(10)15/h1-5,8H,7H2,(H,17,18). The van der Waals surface area contributed by atoms with Crippen LogP contribution in [0.3, 0.4) is 0 Å². The van der Waals surface area contributed by atoms with Gasteiger partial charge in [0.25, 0.3) is 0 Å². The molecular weight excluding hydrogens is 297 g/mol. The Hall–Kier alpha value is -1.93. The molecular formula is C13H9BrFN3. The summed E-state index contributed by atoms with van der Waals surface area (Å²) in [5, 5.41) is 11.7. The van der Waals surface area contributed by atoms with Crippen LogP contribution in [0.4, 0.5) is 10.1 Å². The van der Waals surface area contributed by atoms with Gasteiger partial charge in [0.05, 0.1) is 21.8 Å². The molecule has 90 valence electrons. The lowest BCUT2D eigenvalue weighted by Gasteiger charge is -2.08. The molecule has 0 unspecified atom stereocenters. The third-order valence-corrected chi connectivity index (χ3v) is 3.06. The SMILES string of the molecule is N#Cc1ccc(CNc2ccncc2Br)c(F)c1. The summed E-state index contributed by atoms with van der Waals surface area (Å²) >= 11 is 3.35. The van der Waals surface area contributed by atoms with Gasteiger partial charge < -0.3 is 5.32 Å². The highest BCUT2D eigenvalue weighted by Gasteiger charge is 2.04. The molecule has 0 aliphatic rings. The molecule has 1 aromatic carbocycles. The molecule has 0 fully saturated rings. The minimum Gasteiger partial charge on any atom is -0.380 e. The summed E-state index contributed by atoms with van der Waals surface area (Å²) in [4.78, 5) is 3.94. The van der Waals surface area contributed by atoms with Crippen LogP contribution in [0.1, 0.15) is 11.1 Å². The summed E-state index contributed by atoms with van der Waals surface area (Å²) < 4.78 is 14.4. The number of rotatable bonds is 3. The van der Waals surface area contributed by atoms with Crippen LogP contribution in [-0.2, 0) is 6.54 Å². The molecule has 0 aliphatic carbocycles. The lowest BCUT2D eigenvalue weighted by Crippen LogP contribution is -2.02. The lowest BCUT2D eigenvalue weighted by atomic mass is 10.1. The molecule has 2 rings (SSSR count). The number of nitrogens with zero attached hydrogens (tertiary/aromatic N) is 2. The highest BCUT2D eigenvalue weighted by Crippen LogP contribution is 2.21. The van der Waals surface area contributed by atoms with Crippen LogP contribution in [-0.4, -0.2) is 4.98 Å². The first-order valence-electron chi connectivity index (χ1n) is 5.22. The van der Waals surface area contributed by atoms with Gasteiger partial charge in [0.1, 0.15) is 5.82 Å². The highest BCUT2D eigenvalue weighted by atomic mass is 79.9. The number of hydrogen-bond acceptors (Lipinski definition) is 3. The zero-order valence-corrected chi connectivity index (χ0v) is 10.9. The van der Waals surface area contributed by atoms with Crippen molar-refractivity contribution in [3.05, 3.63) is 58.1 Å². The van der Waals surface area contributed by atoms with Crippen LogP contribution in [0.5, 0.6) is 0 Å². The van der Waals surface area contributed by atoms with Gasteiger partial charge in [-0.3, -0.25) is 4.98 Å². The summed E-state index contributed by atoms with van der Waals surface area (Å²) in [6.45, 7) is 0.347. The first-order chi connectivity index (χ1) is 8.70. The van der Waals surface area contributed by atoms with Crippen LogP contribution in [0.2, 0.25) is 0 Å². The third-order valence-electron chi connectivity index (χ3n) is 2.42. The van der Waals surface area contributed by atoms with Crippen molar-refractivity contribution in [2.24, 2.45) is 0 Å². The van der Waals surface area contributed by atoms with Crippen molar-refractivity contribution in [3.8, 4) is 6.07 Å². The highest BCUT2D eigenvalue weighted by molar-refractivity contribution is 9.10. The molecule has 3 nitrogen and oxygen atoms in total. The molecule has 0 spiro atoms. The molecule has 5 heteroatoms. The number of aromatic nitrogens is 1. The van der Waals surface area contributed by atoms with E-state index in [0.29, 0.717) is 17.7 Å². The lowest BCUT2D eigenvalue weighted by molar-refractivity contribution is 0.612. The maximum Gasteiger partial charge on any atom is 0.129 e. The molecule has 0 bridgehead atoms. The molecule has 1 heterocycles. The quantitative estimate of drug-likeness (QED) is 0.944. The molecule has 0 saturated heterocycles. The maximum atomic E-state index is 13.6. The average molecular weight is 306 g/mol. The van der Waals surface area contributed by atoms with Crippen LogP contribution in [0, 0.1) is 17.1 Å². The first kappa shape index (κ1) is 12.5. The van der Waals surface area contributed by atoms with Crippen LogP contribution in [0.15, 0.2) is 41.1 Å². The Kier molecular flexibility index (Phi) is 3.90. The van der Waals surface area contributed by atoms with Crippen molar-refractivity contribution in [2.75, 3.05) is 5.32 Å². The zero-order chi connectivity index (χ0) is 13.0. The van der Waals surface area contributed by atoms with Crippen molar-refractivity contribution < 1.29 is 4.39 Å². The van der Waals surface area contributed by atoms with Gasteiger partial charge >= 0.3 is 0 Å². The molecule has 18 heavy (non-hydrogen) atoms. The molecule has 1 aromatic heterocycles.